The number of hydrogen-bond donors (Lipinski definition) is 1. The standard InChI is InChI=1S/C10H16O6/c1-15-9(13)4-2-3-7-16-10(14)6-5-8(11)12/h2-7H2,1H3,(H,11,12). The summed E-state index contributed by atoms with van der Waals surface area (Å²) < 4.78 is 9.18. The highest BCUT2D eigenvalue weighted by molar-refractivity contribution is 5.76. The van der Waals surface area contributed by atoms with Crippen LogP contribution in [0.3, 0.4) is 0 Å². The van der Waals surface area contributed by atoms with Crippen molar-refractivity contribution in [1.82, 2.24) is 0 Å². The first-order valence-electron chi connectivity index (χ1n) is 5.00. The van der Waals surface area contributed by atoms with Gasteiger partial charge in [-0.3, -0.25) is 14.4 Å². The van der Waals surface area contributed by atoms with E-state index in [1.807, 2.05) is 0 Å². The van der Waals surface area contributed by atoms with Crippen LogP contribution < -0.4 is 0 Å². The summed E-state index contributed by atoms with van der Waals surface area (Å²) in [6.07, 6.45) is 1.10. The van der Waals surface area contributed by atoms with E-state index in [0.29, 0.717) is 19.3 Å². The van der Waals surface area contributed by atoms with Gasteiger partial charge in [-0.15, -0.1) is 0 Å². The highest BCUT2D eigenvalue weighted by atomic mass is 16.5. The van der Waals surface area contributed by atoms with Crippen LogP contribution in [0.5, 0.6) is 0 Å². The molecule has 0 heterocycles. The van der Waals surface area contributed by atoms with E-state index in [9.17, 15) is 14.4 Å². The Morgan fingerprint density at radius 3 is 2.25 bits per heavy atom. The van der Waals surface area contributed by atoms with Gasteiger partial charge >= 0.3 is 17.9 Å². The maximum absolute atomic E-state index is 10.9. The number of ether oxygens (including phenoxy) is 2. The third-order valence-electron chi connectivity index (χ3n) is 1.81. The fourth-order valence-corrected chi connectivity index (χ4v) is 0.941. The van der Waals surface area contributed by atoms with Crippen LogP contribution in [0.4, 0.5) is 0 Å². The molecule has 0 aromatic heterocycles. The molecule has 0 rings (SSSR count). The van der Waals surface area contributed by atoms with Gasteiger partial charge in [-0.25, -0.2) is 0 Å². The van der Waals surface area contributed by atoms with Crippen LogP contribution >= 0.6 is 0 Å². The molecule has 6 nitrogen and oxygen atoms in total. The normalized spacial score (nSPS) is 9.56. The van der Waals surface area contributed by atoms with Gasteiger partial charge in [-0.05, 0) is 12.8 Å². The number of carboxylic acid groups (broad SMARTS) is 1. The summed E-state index contributed by atoms with van der Waals surface area (Å²) in [6.45, 7) is 0.204. The Balaban J connectivity index is 3.34. The lowest BCUT2D eigenvalue weighted by Crippen LogP contribution is -2.09. The number of aliphatic carboxylic acids is 1. The van der Waals surface area contributed by atoms with Gasteiger partial charge in [0.25, 0.3) is 0 Å². The number of esters is 2. The van der Waals surface area contributed by atoms with Gasteiger partial charge < -0.3 is 14.6 Å². The molecule has 0 radical (unpaired) electrons. The van der Waals surface area contributed by atoms with Crippen molar-refractivity contribution in [3.63, 3.8) is 0 Å². The van der Waals surface area contributed by atoms with Gasteiger partial charge in [0, 0.05) is 6.42 Å². The van der Waals surface area contributed by atoms with Crippen LogP contribution in [0.15, 0.2) is 0 Å². The summed E-state index contributed by atoms with van der Waals surface area (Å²) in [5.74, 6) is -1.85. The smallest absolute Gasteiger partial charge is 0.306 e. The summed E-state index contributed by atoms with van der Waals surface area (Å²) in [4.78, 5) is 31.7. The van der Waals surface area contributed by atoms with Crippen LogP contribution in [0.2, 0.25) is 0 Å². The summed E-state index contributed by atoms with van der Waals surface area (Å²) in [7, 11) is 1.31. The monoisotopic (exact) mass is 232 g/mol. The van der Waals surface area contributed by atoms with E-state index in [2.05, 4.69) is 4.74 Å². The molecule has 0 bridgehead atoms. The van der Waals surface area contributed by atoms with Crippen molar-refractivity contribution in [2.75, 3.05) is 13.7 Å². The van der Waals surface area contributed by atoms with E-state index in [0.717, 1.165) is 0 Å². The number of rotatable bonds is 8. The van der Waals surface area contributed by atoms with Gasteiger partial charge in [0.2, 0.25) is 0 Å². The van der Waals surface area contributed by atoms with Crippen LogP contribution in [0.1, 0.15) is 32.1 Å². The topological polar surface area (TPSA) is 89.9 Å². The molecule has 0 unspecified atom stereocenters. The van der Waals surface area contributed by atoms with E-state index < -0.39 is 11.9 Å². The zero-order chi connectivity index (χ0) is 12.4. The van der Waals surface area contributed by atoms with Crippen LogP contribution in [0, 0.1) is 0 Å². The Kier molecular flexibility index (Phi) is 7.83. The minimum absolute atomic E-state index is 0.119. The molecule has 0 amide bonds. The average molecular weight is 232 g/mol. The lowest BCUT2D eigenvalue weighted by atomic mass is 10.2. The summed E-state index contributed by atoms with van der Waals surface area (Å²) in [5.41, 5.74) is 0. The molecule has 6 heteroatoms. The first-order valence-corrected chi connectivity index (χ1v) is 5.00. The van der Waals surface area contributed by atoms with Crippen molar-refractivity contribution < 1.29 is 29.0 Å². The minimum Gasteiger partial charge on any atom is -0.481 e. The Morgan fingerprint density at radius 1 is 1.00 bits per heavy atom. The molecule has 0 spiro atoms. The molecule has 0 aromatic rings. The van der Waals surface area contributed by atoms with Crippen molar-refractivity contribution >= 4 is 17.9 Å². The predicted molar refractivity (Wildman–Crippen MR) is 53.7 cm³/mol. The van der Waals surface area contributed by atoms with E-state index in [4.69, 9.17) is 9.84 Å². The van der Waals surface area contributed by atoms with Gasteiger partial charge in [-0.2, -0.15) is 0 Å². The number of hydrogen-bond acceptors (Lipinski definition) is 5. The molecule has 0 atom stereocenters. The van der Waals surface area contributed by atoms with Crippen molar-refractivity contribution in [2.45, 2.75) is 32.1 Å². The number of methoxy groups -OCH3 is 1. The second-order valence-electron chi connectivity index (χ2n) is 3.15. The maximum Gasteiger partial charge on any atom is 0.306 e. The molecule has 0 fully saturated rings. The Morgan fingerprint density at radius 2 is 1.69 bits per heavy atom. The fourth-order valence-electron chi connectivity index (χ4n) is 0.941. The van der Waals surface area contributed by atoms with Crippen LogP contribution in [-0.4, -0.2) is 36.7 Å². The molecule has 16 heavy (non-hydrogen) atoms. The first kappa shape index (κ1) is 14.4. The molecule has 0 saturated carbocycles. The number of carbonyl (C=O) groups excluding carboxylic acids is 2. The van der Waals surface area contributed by atoms with Gasteiger partial charge in [0.05, 0.1) is 26.6 Å². The van der Waals surface area contributed by atoms with Gasteiger partial charge in [-0.1, -0.05) is 0 Å². The lowest BCUT2D eigenvalue weighted by molar-refractivity contribution is -0.147. The second kappa shape index (κ2) is 8.70. The summed E-state index contributed by atoms with van der Waals surface area (Å²) in [5, 5.41) is 8.30. The third-order valence-corrected chi connectivity index (χ3v) is 1.81. The largest absolute Gasteiger partial charge is 0.481 e. The Labute approximate surface area is 93.5 Å². The van der Waals surface area contributed by atoms with Crippen molar-refractivity contribution in [3.05, 3.63) is 0 Å². The van der Waals surface area contributed by atoms with Crippen molar-refractivity contribution in [3.8, 4) is 0 Å². The zero-order valence-electron chi connectivity index (χ0n) is 9.23. The number of unbranched alkanes of at least 4 members (excludes halogenated alkanes) is 1. The lowest BCUT2D eigenvalue weighted by Gasteiger charge is -2.03. The van der Waals surface area contributed by atoms with Crippen LogP contribution in [-0.2, 0) is 23.9 Å². The number of carboxylic acids is 1. The molecule has 0 aliphatic carbocycles. The molecule has 0 saturated heterocycles. The SMILES string of the molecule is COC(=O)CCCCOC(=O)CCC(=O)O. The van der Waals surface area contributed by atoms with E-state index in [1.165, 1.54) is 7.11 Å². The maximum atomic E-state index is 10.9. The second-order valence-corrected chi connectivity index (χ2v) is 3.15. The van der Waals surface area contributed by atoms with E-state index in [1.54, 1.807) is 0 Å². The molecular weight excluding hydrogens is 216 g/mol. The van der Waals surface area contributed by atoms with Crippen molar-refractivity contribution in [2.24, 2.45) is 0 Å². The predicted octanol–water partition coefficient (Wildman–Crippen LogP) is 0.738. The van der Waals surface area contributed by atoms with Crippen molar-refractivity contribution in [1.29, 1.82) is 0 Å². The quantitative estimate of drug-likeness (QED) is 0.490. The zero-order valence-corrected chi connectivity index (χ0v) is 9.23. The van der Waals surface area contributed by atoms with Gasteiger partial charge in [0.15, 0.2) is 0 Å². The number of carbonyl (C=O) groups is 3. The third kappa shape index (κ3) is 8.98. The summed E-state index contributed by atoms with van der Waals surface area (Å²) in [6, 6.07) is 0. The average Bonchev–Trinajstić information content (AvgIpc) is 2.25. The Hall–Kier alpha value is -1.59. The highest BCUT2D eigenvalue weighted by Gasteiger charge is 2.06. The molecular formula is C10H16O6. The van der Waals surface area contributed by atoms with Crippen LogP contribution in [0.25, 0.3) is 0 Å². The molecule has 0 aliphatic rings. The van der Waals surface area contributed by atoms with E-state index >= 15 is 0 Å². The molecule has 1 N–H and O–H groups in total. The van der Waals surface area contributed by atoms with E-state index in [-0.39, 0.29) is 25.4 Å². The molecule has 0 aromatic carbocycles. The van der Waals surface area contributed by atoms with Gasteiger partial charge in [0.1, 0.15) is 0 Å². The summed E-state index contributed by atoms with van der Waals surface area (Å²) >= 11 is 0. The fraction of sp³-hybridized carbons (Fsp3) is 0.700. The molecule has 92 valence electrons. The molecule has 0 aliphatic heterocycles. The Bertz CT molecular complexity index is 248. The highest BCUT2D eigenvalue weighted by Crippen LogP contribution is 1.99. The minimum atomic E-state index is -1.03. The first-order chi connectivity index (χ1) is 7.56.